The number of carbonyl (C=O) groups excluding carboxylic acids is 1. The van der Waals surface area contributed by atoms with E-state index in [-0.39, 0.29) is 5.91 Å². The van der Waals surface area contributed by atoms with Crippen LogP contribution >= 0.6 is 0 Å². The van der Waals surface area contributed by atoms with E-state index in [1.54, 1.807) is 0 Å². The van der Waals surface area contributed by atoms with Crippen molar-refractivity contribution in [1.29, 1.82) is 0 Å². The van der Waals surface area contributed by atoms with Gasteiger partial charge in [0.2, 0.25) is 5.91 Å². The highest BCUT2D eigenvalue weighted by Crippen LogP contribution is 2.13. The van der Waals surface area contributed by atoms with E-state index in [0.717, 1.165) is 39.1 Å². The van der Waals surface area contributed by atoms with Crippen LogP contribution in [0.1, 0.15) is 24.5 Å². The fraction of sp³-hybridized carbons (Fsp3) is 0.611. The molecule has 1 aliphatic heterocycles. The number of aryl methyl sites for hydroxylation is 1. The van der Waals surface area contributed by atoms with Gasteiger partial charge in [0.1, 0.15) is 0 Å². The van der Waals surface area contributed by atoms with Crippen molar-refractivity contribution >= 4 is 5.91 Å². The first-order valence-corrected chi connectivity index (χ1v) is 8.30. The Morgan fingerprint density at radius 1 is 1.41 bits per heavy atom. The SMILES string of the molecule is CCN(CC(=O)NCCc1ccccc1C)CC1CCOC1. The second-order valence-corrected chi connectivity index (χ2v) is 6.08. The normalized spacial score (nSPS) is 17.9. The Bertz CT molecular complexity index is 470. The number of ether oxygens (including phenoxy) is 1. The van der Waals surface area contributed by atoms with Gasteiger partial charge in [-0.05, 0) is 43.4 Å². The lowest BCUT2D eigenvalue weighted by molar-refractivity contribution is -0.122. The van der Waals surface area contributed by atoms with E-state index in [9.17, 15) is 4.79 Å². The van der Waals surface area contributed by atoms with E-state index < -0.39 is 0 Å². The van der Waals surface area contributed by atoms with Crippen LogP contribution in [0.4, 0.5) is 0 Å². The van der Waals surface area contributed by atoms with Crippen LogP contribution in [0.2, 0.25) is 0 Å². The van der Waals surface area contributed by atoms with Gasteiger partial charge in [-0.1, -0.05) is 31.2 Å². The van der Waals surface area contributed by atoms with Crippen LogP contribution in [0, 0.1) is 12.8 Å². The average molecular weight is 304 g/mol. The number of carbonyl (C=O) groups is 1. The van der Waals surface area contributed by atoms with Crippen LogP contribution in [0.25, 0.3) is 0 Å². The molecule has 1 aromatic carbocycles. The van der Waals surface area contributed by atoms with Crippen molar-refractivity contribution in [3.05, 3.63) is 35.4 Å². The number of benzene rings is 1. The van der Waals surface area contributed by atoms with Crippen LogP contribution in [0.3, 0.4) is 0 Å². The van der Waals surface area contributed by atoms with E-state index >= 15 is 0 Å². The molecule has 0 aromatic heterocycles. The maximum Gasteiger partial charge on any atom is 0.234 e. The third kappa shape index (κ3) is 5.43. The van der Waals surface area contributed by atoms with Crippen molar-refractivity contribution in [1.82, 2.24) is 10.2 Å². The Hall–Kier alpha value is -1.39. The minimum absolute atomic E-state index is 0.120. The van der Waals surface area contributed by atoms with Crippen molar-refractivity contribution in [2.75, 3.05) is 39.4 Å². The Balaban J connectivity index is 1.68. The molecule has 1 heterocycles. The molecule has 122 valence electrons. The molecule has 1 aromatic rings. The summed E-state index contributed by atoms with van der Waals surface area (Å²) < 4.78 is 5.41. The molecule has 4 heteroatoms. The van der Waals surface area contributed by atoms with Gasteiger partial charge in [-0.25, -0.2) is 0 Å². The Labute approximate surface area is 133 Å². The summed E-state index contributed by atoms with van der Waals surface area (Å²) >= 11 is 0. The van der Waals surface area contributed by atoms with Crippen molar-refractivity contribution in [3.63, 3.8) is 0 Å². The molecule has 1 aliphatic rings. The summed E-state index contributed by atoms with van der Waals surface area (Å²) in [6, 6.07) is 8.33. The highest BCUT2D eigenvalue weighted by Gasteiger charge is 2.19. The van der Waals surface area contributed by atoms with Crippen LogP contribution in [0.15, 0.2) is 24.3 Å². The summed E-state index contributed by atoms with van der Waals surface area (Å²) in [5.41, 5.74) is 2.59. The third-order valence-electron chi connectivity index (χ3n) is 4.33. The van der Waals surface area contributed by atoms with Gasteiger partial charge in [0.05, 0.1) is 13.2 Å². The molecule has 1 unspecified atom stereocenters. The van der Waals surface area contributed by atoms with Crippen LogP contribution in [-0.2, 0) is 16.0 Å². The van der Waals surface area contributed by atoms with Gasteiger partial charge in [-0.2, -0.15) is 0 Å². The summed E-state index contributed by atoms with van der Waals surface area (Å²) in [7, 11) is 0. The monoisotopic (exact) mass is 304 g/mol. The highest BCUT2D eigenvalue weighted by atomic mass is 16.5. The van der Waals surface area contributed by atoms with E-state index in [2.05, 4.69) is 36.2 Å². The number of hydrogen-bond donors (Lipinski definition) is 1. The lowest BCUT2D eigenvalue weighted by Gasteiger charge is -2.22. The number of likely N-dealkylation sites (N-methyl/N-ethyl adjacent to an activating group) is 1. The van der Waals surface area contributed by atoms with E-state index in [4.69, 9.17) is 4.74 Å². The second kappa shape index (κ2) is 8.91. The first-order valence-electron chi connectivity index (χ1n) is 8.30. The lowest BCUT2D eigenvalue weighted by atomic mass is 10.1. The average Bonchev–Trinajstić information content (AvgIpc) is 3.01. The van der Waals surface area contributed by atoms with E-state index in [1.165, 1.54) is 11.1 Å². The zero-order valence-electron chi connectivity index (χ0n) is 13.8. The number of rotatable bonds is 8. The smallest absolute Gasteiger partial charge is 0.234 e. The zero-order valence-corrected chi connectivity index (χ0v) is 13.8. The molecule has 2 rings (SSSR count). The zero-order chi connectivity index (χ0) is 15.8. The lowest BCUT2D eigenvalue weighted by Crippen LogP contribution is -2.40. The summed E-state index contributed by atoms with van der Waals surface area (Å²) in [5, 5.41) is 3.04. The number of nitrogens with zero attached hydrogens (tertiary/aromatic N) is 1. The molecule has 1 amide bonds. The Morgan fingerprint density at radius 3 is 2.91 bits per heavy atom. The van der Waals surface area contributed by atoms with E-state index in [1.807, 2.05) is 12.1 Å². The second-order valence-electron chi connectivity index (χ2n) is 6.08. The summed E-state index contributed by atoms with van der Waals surface area (Å²) in [6.45, 7) is 8.98. The van der Waals surface area contributed by atoms with Crippen LogP contribution in [0.5, 0.6) is 0 Å². The highest BCUT2D eigenvalue weighted by molar-refractivity contribution is 5.78. The molecule has 0 saturated carbocycles. The van der Waals surface area contributed by atoms with Crippen LogP contribution < -0.4 is 5.32 Å². The number of amides is 1. The first kappa shape index (κ1) is 17.0. The van der Waals surface area contributed by atoms with Crippen molar-refractivity contribution in [2.24, 2.45) is 5.92 Å². The topological polar surface area (TPSA) is 41.6 Å². The van der Waals surface area contributed by atoms with Crippen molar-refractivity contribution < 1.29 is 9.53 Å². The molecule has 1 N–H and O–H groups in total. The van der Waals surface area contributed by atoms with Gasteiger partial charge in [-0.15, -0.1) is 0 Å². The predicted molar refractivity (Wildman–Crippen MR) is 88.9 cm³/mol. The molecule has 1 atom stereocenters. The summed E-state index contributed by atoms with van der Waals surface area (Å²) in [6.07, 6.45) is 2.01. The van der Waals surface area contributed by atoms with Gasteiger partial charge in [0.15, 0.2) is 0 Å². The Morgan fingerprint density at radius 2 is 2.23 bits per heavy atom. The molecule has 0 bridgehead atoms. The number of hydrogen-bond acceptors (Lipinski definition) is 3. The van der Waals surface area contributed by atoms with Crippen LogP contribution in [-0.4, -0.2) is 50.2 Å². The molecular formula is C18H28N2O2. The van der Waals surface area contributed by atoms with E-state index in [0.29, 0.717) is 19.0 Å². The van der Waals surface area contributed by atoms with Crippen molar-refractivity contribution in [2.45, 2.75) is 26.7 Å². The summed E-state index contributed by atoms with van der Waals surface area (Å²) in [5.74, 6) is 0.703. The quantitative estimate of drug-likeness (QED) is 0.799. The molecule has 22 heavy (non-hydrogen) atoms. The Kier molecular flexibility index (Phi) is 6.87. The molecule has 0 spiro atoms. The fourth-order valence-corrected chi connectivity index (χ4v) is 2.88. The van der Waals surface area contributed by atoms with Gasteiger partial charge in [-0.3, -0.25) is 9.69 Å². The predicted octanol–water partition coefficient (Wildman–Crippen LogP) is 2.01. The van der Waals surface area contributed by atoms with Crippen molar-refractivity contribution in [3.8, 4) is 0 Å². The summed E-state index contributed by atoms with van der Waals surface area (Å²) in [4.78, 5) is 14.3. The third-order valence-corrected chi connectivity index (χ3v) is 4.33. The largest absolute Gasteiger partial charge is 0.381 e. The molecule has 1 saturated heterocycles. The molecular weight excluding hydrogens is 276 g/mol. The number of nitrogens with one attached hydrogen (secondary N) is 1. The molecule has 0 radical (unpaired) electrons. The van der Waals surface area contributed by atoms with Gasteiger partial charge < -0.3 is 10.1 Å². The van der Waals surface area contributed by atoms with Gasteiger partial charge in [0, 0.05) is 19.7 Å². The first-order chi connectivity index (χ1) is 10.7. The minimum atomic E-state index is 0.120. The van der Waals surface area contributed by atoms with Gasteiger partial charge >= 0.3 is 0 Å². The maximum atomic E-state index is 12.1. The van der Waals surface area contributed by atoms with Gasteiger partial charge in [0.25, 0.3) is 0 Å². The standard InChI is InChI=1S/C18H28N2O2/c1-3-20(12-16-9-11-22-14-16)13-18(21)19-10-8-17-7-5-4-6-15(17)2/h4-7,16H,3,8-14H2,1-2H3,(H,19,21). The molecule has 4 nitrogen and oxygen atoms in total. The minimum Gasteiger partial charge on any atom is -0.381 e. The fourth-order valence-electron chi connectivity index (χ4n) is 2.88. The maximum absolute atomic E-state index is 12.1. The molecule has 0 aliphatic carbocycles. The molecule has 1 fully saturated rings.